The normalized spacial score (nSPS) is 46.9. The monoisotopic (exact) mass is 1390 g/mol. The van der Waals surface area contributed by atoms with Crippen molar-refractivity contribution in [3.63, 3.8) is 0 Å². The number of benzene rings is 1. The molecule has 11 rings (SSSR count). The van der Waals surface area contributed by atoms with E-state index in [-0.39, 0.29) is 72.8 Å². The number of aliphatic hydroxyl groups is 5. The number of methoxy groups -OCH3 is 4. The van der Waals surface area contributed by atoms with Crippen molar-refractivity contribution in [3.05, 3.63) is 21.2 Å². The van der Waals surface area contributed by atoms with Crippen molar-refractivity contribution >= 4 is 40.9 Å². The maximum atomic E-state index is 13.5. The maximum absolute atomic E-state index is 13.5. The van der Waals surface area contributed by atoms with E-state index in [1.54, 1.807) is 41.5 Å². The molecule has 1 aromatic rings. The lowest BCUT2D eigenvalue weighted by molar-refractivity contribution is -0.428. The summed E-state index contributed by atoms with van der Waals surface area (Å²) in [6.07, 6.45) is -31.8. The largest absolute Gasteiger partial charge is 0.505 e. The molecule has 10 heterocycles. The number of aromatic hydroxyl groups is 1. The molecule has 10 aliphatic heterocycles. The lowest BCUT2D eigenvalue weighted by atomic mass is 9.81. The van der Waals surface area contributed by atoms with Gasteiger partial charge in [0, 0.05) is 34.2 Å². The summed E-state index contributed by atoms with van der Waals surface area (Å²) in [6, 6.07) is 0. The number of aliphatic hydroxyl groups excluding tert-OH is 4. The number of Topliss-reactive ketones (excluding diaryl/α,β-unsaturated/α-hetero) is 1. The molecule has 6 N–H and O–H groups in total. The first-order chi connectivity index (χ1) is 44.5. The van der Waals surface area contributed by atoms with Gasteiger partial charge in [-0.25, -0.2) is 4.79 Å². The van der Waals surface area contributed by atoms with E-state index in [2.05, 4.69) is 0 Å². The van der Waals surface area contributed by atoms with Crippen LogP contribution in [0.15, 0.2) is 0 Å². The lowest BCUT2D eigenvalue weighted by Crippen LogP contribution is -2.72. The van der Waals surface area contributed by atoms with Gasteiger partial charge in [0.2, 0.25) is 6.29 Å². The highest BCUT2D eigenvalue weighted by Gasteiger charge is 2.73. The third kappa shape index (κ3) is 13.1. The van der Waals surface area contributed by atoms with Crippen molar-refractivity contribution in [3.8, 4) is 11.5 Å². The predicted octanol–water partition coefficient (Wildman–Crippen LogP) is 0.664. The molecule has 30 atom stereocenters. The van der Waals surface area contributed by atoms with Crippen molar-refractivity contribution in [2.75, 3.05) is 55.1 Å². The van der Waals surface area contributed by atoms with Crippen molar-refractivity contribution in [1.82, 2.24) is 0 Å². The molecule has 532 valence electrons. The van der Waals surface area contributed by atoms with Gasteiger partial charge in [-0.2, -0.15) is 0 Å². The van der Waals surface area contributed by atoms with E-state index in [1.165, 1.54) is 49.2 Å². The van der Waals surface area contributed by atoms with Gasteiger partial charge >= 0.3 is 17.9 Å². The highest BCUT2D eigenvalue weighted by Crippen LogP contribution is 2.53. The summed E-state index contributed by atoms with van der Waals surface area (Å²) in [7, 11) is 5.34. The third-order valence-electron chi connectivity index (χ3n) is 19.1. The standard InChI is InChI=1S/C60H86Cl2O32/c1-21(2)52(69)86-48-45-32(91-60(92-45)51-50(78-20-79-51)59(71,26(7)63)27(8)90-60)19-77-55(48)88-56-47(75-13)39(67)44(31(82-56)17-72-10)87-54-40(68)43(30(73-11)18-76-54)84-34-16-57(9)49(25(6)81-34)93-58(94-57)15-29(65)42(24(5)89-58)83-33-14-28(64)41(23(4)80-33)85-53(70)35-22(3)36(61)38(66)37(62)46(35)74-12/h21,23-25,27-34,39-45,47-51,54-56,64-68,71H,14-20H2,1-13H3/t23-,24-,25-,27-,28-,29-,30+,31-,32+,33?,34?,39+,40?,41-,42-,43?,44-,45-,47+,48-,49-,50-,51-,54+,55?,56+,57-,58?,59+,60?/m1/s1. The summed E-state index contributed by atoms with van der Waals surface area (Å²) in [5.41, 5.74) is -3.33. The Morgan fingerprint density at radius 1 is 0.670 bits per heavy atom. The van der Waals surface area contributed by atoms with E-state index in [9.17, 15) is 45.0 Å². The summed E-state index contributed by atoms with van der Waals surface area (Å²) >= 11 is 12.5. The van der Waals surface area contributed by atoms with E-state index < -0.39 is 212 Å². The van der Waals surface area contributed by atoms with Gasteiger partial charge in [-0.1, -0.05) is 37.0 Å². The number of ketones is 1. The molecule has 0 bridgehead atoms. The number of phenols is 1. The van der Waals surface area contributed by atoms with E-state index in [0.29, 0.717) is 0 Å². The van der Waals surface area contributed by atoms with Crippen LogP contribution >= 0.6 is 23.2 Å². The zero-order valence-electron chi connectivity index (χ0n) is 54.1. The van der Waals surface area contributed by atoms with Gasteiger partial charge in [-0.3, -0.25) is 9.59 Å². The molecule has 32 nitrogen and oxygen atoms in total. The molecule has 94 heavy (non-hydrogen) atoms. The van der Waals surface area contributed by atoms with Gasteiger partial charge < -0.3 is 140 Å². The van der Waals surface area contributed by atoms with Gasteiger partial charge in [-0.15, -0.1) is 0 Å². The van der Waals surface area contributed by atoms with Gasteiger partial charge in [-0.05, 0) is 54.0 Å². The number of halogens is 2. The number of hydrogen-bond donors (Lipinski definition) is 6. The molecule has 0 saturated carbocycles. The molecule has 10 aliphatic rings. The number of fused-ring (bicyclic) bond motifs is 4. The minimum Gasteiger partial charge on any atom is -0.505 e. The quantitative estimate of drug-likeness (QED) is 0.110. The summed E-state index contributed by atoms with van der Waals surface area (Å²) in [6.45, 7) is 13.1. The Balaban J connectivity index is 0.714. The van der Waals surface area contributed by atoms with Crippen molar-refractivity contribution in [2.45, 2.75) is 264 Å². The smallest absolute Gasteiger partial charge is 0.342 e. The SMILES string of the molecule is COC[C@H]1O[C@@H](OC2OC[C@@H]3OC4(O[C@H]3[C@H]2OC(=O)C(C)C)O[C@H](C)[C@@](O)(C(C)=O)[C@@H]2OCO[C@H]24)[C@@H](OC)[C@@H](O)[C@@H]1O[C@@H]1OC[C@H](OC)C(OC2C[C@@]3(C)OC4(C[C@@H](O)[C@H](OC5C[C@@H](O)[C@H](OC(=O)c6c(C)c(Cl)c(O)c(Cl)c6OC)[C@@H](C)O5)[C@@H](C)O4)O[C@@H]3[C@@H](C)O2)C1O. The van der Waals surface area contributed by atoms with E-state index >= 15 is 0 Å². The van der Waals surface area contributed by atoms with Crippen LogP contribution in [0.3, 0.4) is 0 Å². The first-order valence-electron chi connectivity index (χ1n) is 31.3. The molecule has 10 saturated heterocycles. The van der Waals surface area contributed by atoms with Crippen LogP contribution in [0, 0.1) is 12.8 Å². The van der Waals surface area contributed by atoms with E-state index in [0.717, 1.165) is 0 Å². The zero-order chi connectivity index (χ0) is 68.0. The Morgan fingerprint density at radius 3 is 2.03 bits per heavy atom. The second kappa shape index (κ2) is 28.2. The molecule has 34 heteroatoms. The highest BCUT2D eigenvalue weighted by molar-refractivity contribution is 6.39. The van der Waals surface area contributed by atoms with Gasteiger partial charge in [0.15, 0.2) is 66.4 Å². The molecule has 0 radical (unpaired) electrons. The van der Waals surface area contributed by atoms with Crippen LogP contribution < -0.4 is 4.74 Å². The van der Waals surface area contributed by atoms with Gasteiger partial charge in [0.25, 0.3) is 5.97 Å². The Kier molecular flexibility index (Phi) is 21.7. The number of carbonyl (C=O) groups is 3. The first kappa shape index (κ1) is 72.3. The number of esters is 2. The second-order valence-corrected chi connectivity index (χ2v) is 26.5. The number of carbonyl (C=O) groups excluding carboxylic acids is 3. The van der Waals surface area contributed by atoms with Crippen LogP contribution in [0.4, 0.5) is 0 Å². The highest BCUT2D eigenvalue weighted by atomic mass is 35.5. The van der Waals surface area contributed by atoms with Crippen molar-refractivity contribution < 1.29 is 154 Å². The van der Waals surface area contributed by atoms with Crippen molar-refractivity contribution in [2.24, 2.45) is 5.92 Å². The van der Waals surface area contributed by atoms with Crippen molar-refractivity contribution in [1.29, 1.82) is 0 Å². The topological polar surface area (TPSA) is 385 Å². The number of hydrogen-bond acceptors (Lipinski definition) is 32. The summed E-state index contributed by atoms with van der Waals surface area (Å²) in [5.74, 6) is -7.40. The molecule has 0 aliphatic carbocycles. The van der Waals surface area contributed by atoms with Crippen LogP contribution in [0.5, 0.6) is 11.5 Å². The minimum atomic E-state index is -2.12. The molecule has 7 unspecified atom stereocenters. The van der Waals surface area contributed by atoms with E-state index in [4.69, 9.17) is 132 Å². The Hall–Kier alpha value is -2.99. The molecule has 1 aromatic carbocycles. The Morgan fingerprint density at radius 2 is 1.37 bits per heavy atom. The number of phenolic OH excluding ortho intramolecular Hbond substituents is 1. The Bertz CT molecular complexity index is 2850. The molecule has 0 amide bonds. The summed E-state index contributed by atoms with van der Waals surface area (Å²) in [4.78, 5) is 39.8. The average molecular weight is 1390 g/mol. The molecule has 0 aromatic heterocycles. The van der Waals surface area contributed by atoms with E-state index in [1.807, 2.05) is 0 Å². The van der Waals surface area contributed by atoms with Crippen LogP contribution in [0.1, 0.15) is 90.6 Å². The fourth-order valence-electron chi connectivity index (χ4n) is 14.2. The predicted molar refractivity (Wildman–Crippen MR) is 308 cm³/mol. The first-order valence-corrected chi connectivity index (χ1v) is 32.0. The molecular weight excluding hydrogens is 1300 g/mol. The van der Waals surface area contributed by atoms with Crippen LogP contribution in [-0.2, 0) is 114 Å². The van der Waals surface area contributed by atoms with Crippen LogP contribution in [-0.4, -0.2) is 286 Å². The minimum absolute atomic E-state index is 0.00856. The molecule has 2 spiro atoms. The van der Waals surface area contributed by atoms with Crippen LogP contribution in [0.25, 0.3) is 0 Å². The summed E-state index contributed by atoms with van der Waals surface area (Å²) in [5, 5.41) is 68.8. The maximum Gasteiger partial charge on any atom is 0.342 e. The fraction of sp³-hybridized carbons (Fsp3) is 0.850. The fourth-order valence-corrected chi connectivity index (χ4v) is 14.7. The summed E-state index contributed by atoms with van der Waals surface area (Å²) < 4.78 is 141. The molecule has 10 fully saturated rings. The lowest BCUT2D eigenvalue weighted by Gasteiger charge is -2.49. The van der Waals surface area contributed by atoms with Gasteiger partial charge in [0.1, 0.15) is 96.2 Å². The average Bonchev–Trinajstić information content (AvgIpc) is 1.53. The number of ether oxygens (including phenoxy) is 23. The van der Waals surface area contributed by atoms with Gasteiger partial charge in [0.05, 0.1) is 80.9 Å². The second-order valence-electron chi connectivity index (χ2n) is 25.8. The Labute approximate surface area is 551 Å². The number of rotatable bonds is 18. The molecular formula is C60H86Cl2O32. The van der Waals surface area contributed by atoms with Crippen LogP contribution in [0.2, 0.25) is 10.0 Å². The zero-order valence-corrected chi connectivity index (χ0v) is 55.6. The third-order valence-corrected chi connectivity index (χ3v) is 19.9.